The first-order chi connectivity index (χ1) is 7.33. The molecule has 0 fully saturated rings. The summed E-state index contributed by atoms with van der Waals surface area (Å²) in [5, 5.41) is 9.13. The highest BCUT2D eigenvalue weighted by molar-refractivity contribution is 5.31. The molecule has 1 atom stereocenters. The highest BCUT2D eigenvalue weighted by atomic mass is 19.4. The molecule has 3 N–H and O–H groups in total. The summed E-state index contributed by atoms with van der Waals surface area (Å²) in [5.74, 6) is 0. The zero-order valence-corrected chi connectivity index (χ0v) is 8.88. The first-order valence-corrected chi connectivity index (χ1v) is 4.91. The monoisotopic (exact) mass is 233 g/mol. The van der Waals surface area contributed by atoms with Crippen LogP contribution >= 0.6 is 0 Å². The summed E-state index contributed by atoms with van der Waals surface area (Å²) in [6.07, 6.45) is -4.02. The number of nitrogens with two attached hydrogens (primary N) is 1. The van der Waals surface area contributed by atoms with Gasteiger partial charge in [-0.25, -0.2) is 0 Å². The van der Waals surface area contributed by atoms with Gasteiger partial charge in [0.25, 0.3) is 0 Å². The predicted octanol–water partition coefficient (Wildman–Crippen LogP) is 2.26. The standard InChI is InChI=1S/C11H14F3NO/c1-2-10(15,7-16)8-4-3-5-9(6-8)11(12,13)14/h3-6,16H,2,7,15H2,1H3. The molecule has 16 heavy (non-hydrogen) atoms. The van der Waals surface area contributed by atoms with E-state index in [1.54, 1.807) is 6.92 Å². The van der Waals surface area contributed by atoms with E-state index in [2.05, 4.69) is 0 Å². The highest BCUT2D eigenvalue weighted by Crippen LogP contribution is 2.32. The molecule has 2 nitrogen and oxygen atoms in total. The molecule has 0 radical (unpaired) electrons. The van der Waals surface area contributed by atoms with Crippen LogP contribution in [0.15, 0.2) is 24.3 Å². The van der Waals surface area contributed by atoms with Crippen LogP contribution in [0.5, 0.6) is 0 Å². The number of aliphatic hydroxyl groups excluding tert-OH is 1. The fourth-order valence-corrected chi connectivity index (χ4v) is 1.41. The van der Waals surface area contributed by atoms with Gasteiger partial charge in [0.05, 0.1) is 17.7 Å². The molecule has 0 saturated carbocycles. The number of hydrogen-bond donors (Lipinski definition) is 2. The van der Waals surface area contributed by atoms with Crippen molar-refractivity contribution in [3.63, 3.8) is 0 Å². The number of aliphatic hydroxyl groups is 1. The van der Waals surface area contributed by atoms with E-state index in [1.807, 2.05) is 0 Å². The van der Waals surface area contributed by atoms with Gasteiger partial charge in [0.15, 0.2) is 0 Å². The molecule has 0 aliphatic rings. The first-order valence-electron chi connectivity index (χ1n) is 4.91. The van der Waals surface area contributed by atoms with Gasteiger partial charge in [-0.3, -0.25) is 0 Å². The van der Waals surface area contributed by atoms with Crippen LogP contribution in [-0.2, 0) is 11.7 Å². The Morgan fingerprint density at radius 2 is 1.81 bits per heavy atom. The lowest BCUT2D eigenvalue weighted by atomic mass is 9.88. The van der Waals surface area contributed by atoms with Crippen molar-refractivity contribution in [2.75, 3.05) is 6.61 Å². The second-order valence-corrected chi connectivity index (χ2v) is 3.75. The Morgan fingerprint density at radius 3 is 2.25 bits per heavy atom. The van der Waals surface area contributed by atoms with Crippen LogP contribution in [0, 0.1) is 0 Å². The first kappa shape index (κ1) is 13.0. The van der Waals surface area contributed by atoms with Crippen molar-refractivity contribution < 1.29 is 18.3 Å². The molecule has 0 bridgehead atoms. The molecule has 5 heteroatoms. The molecule has 0 spiro atoms. The van der Waals surface area contributed by atoms with Crippen LogP contribution in [0.1, 0.15) is 24.5 Å². The number of benzene rings is 1. The SMILES string of the molecule is CCC(N)(CO)c1cccc(C(F)(F)F)c1. The Kier molecular flexibility index (Phi) is 3.60. The van der Waals surface area contributed by atoms with Gasteiger partial charge in [0.1, 0.15) is 0 Å². The van der Waals surface area contributed by atoms with Crippen LogP contribution < -0.4 is 5.73 Å². The molecule has 0 aromatic heterocycles. The second kappa shape index (κ2) is 4.43. The van der Waals surface area contributed by atoms with Gasteiger partial charge in [0, 0.05) is 0 Å². The van der Waals surface area contributed by atoms with Crippen LogP contribution in [0.3, 0.4) is 0 Å². The lowest BCUT2D eigenvalue weighted by Crippen LogP contribution is -2.39. The third kappa shape index (κ3) is 2.54. The van der Waals surface area contributed by atoms with E-state index in [0.29, 0.717) is 12.0 Å². The Balaban J connectivity index is 3.17. The molecule has 1 aromatic carbocycles. The Bertz CT molecular complexity index is 358. The summed E-state index contributed by atoms with van der Waals surface area (Å²) in [5.41, 5.74) is 4.25. The largest absolute Gasteiger partial charge is 0.416 e. The van der Waals surface area contributed by atoms with E-state index < -0.39 is 17.3 Å². The zero-order valence-electron chi connectivity index (χ0n) is 8.88. The van der Waals surface area contributed by atoms with E-state index in [0.717, 1.165) is 12.1 Å². The smallest absolute Gasteiger partial charge is 0.394 e. The predicted molar refractivity (Wildman–Crippen MR) is 54.7 cm³/mol. The van der Waals surface area contributed by atoms with E-state index in [-0.39, 0.29) is 6.61 Å². The minimum atomic E-state index is -4.39. The summed E-state index contributed by atoms with van der Waals surface area (Å²) < 4.78 is 37.4. The molecule has 90 valence electrons. The molecular formula is C11H14F3NO. The van der Waals surface area contributed by atoms with Gasteiger partial charge in [-0.2, -0.15) is 13.2 Å². The molecule has 1 unspecified atom stereocenters. The number of hydrogen-bond acceptors (Lipinski definition) is 2. The van der Waals surface area contributed by atoms with Crippen molar-refractivity contribution in [2.45, 2.75) is 25.1 Å². The van der Waals surface area contributed by atoms with Gasteiger partial charge >= 0.3 is 6.18 Å². The third-order valence-corrected chi connectivity index (χ3v) is 2.68. The van der Waals surface area contributed by atoms with E-state index in [1.165, 1.54) is 12.1 Å². The fraction of sp³-hybridized carbons (Fsp3) is 0.455. The number of alkyl halides is 3. The average molecular weight is 233 g/mol. The summed E-state index contributed by atoms with van der Waals surface area (Å²) in [4.78, 5) is 0. The molecule has 0 amide bonds. The number of rotatable bonds is 3. The van der Waals surface area contributed by atoms with E-state index in [9.17, 15) is 13.2 Å². The maximum absolute atomic E-state index is 12.5. The van der Waals surface area contributed by atoms with Crippen molar-refractivity contribution in [1.29, 1.82) is 0 Å². The van der Waals surface area contributed by atoms with Gasteiger partial charge in [-0.15, -0.1) is 0 Å². The lowest BCUT2D eigenvalue weighted by molar-refractivity contribution is -0.137. The Morgan fingerprint density at radius 1 is 1.25 bits per heavy atom. The Labute approximate surface area is 91.9 Å². The molecule has 1 rings (SSSR count). The van der Waals surface area contributed by atoms with Crippen molar-refractivity contribution >= 4 is 0 Å². The quantitative estimate of drug-likeness (QED) is 0.841. The van der Waals surface area contributed by atoms with Gasteiger partial charge in [-0.1, -0.05) is 19.1 Å². The van der Waals surface area contributed by atoms with E-state index >= 15 is 0 Å². The van der Waals surface area contributed by atoms with Crippen LogP contribution in [0.25, 0.3) is 0 Å². The molecule has 1 aromatic rings. The molecular weight excluding hydrogens is 219 g/mol. The van der Waals surface area contributed by atoms with Crippen LogP contribution in [-0.4, -0.2) is 11.7 Å². The van der Waals surface area contributed by atoms with Crippen LogP contribution in [0.4, 0.5) is 13.2 Å². The maximum atomic E-state index is 12.5. The van der Waals surface area contributed by atoms with Crippen molar-refractivity contribution in [3.8, 4) is 0 Å². The van der Waals surface area contributed by atoms with Crippen LogP contribution in [0.2, 0.25) is 0 Å². The molecule has 0 saturated heterocycles. The summed E-state index contributed by atoms with van der Waals surface area (Å²) in [6, 6.07) is 4.76. The van der Waals surface area contributed by atoms with Crippen molar-refractivity contribution in [2.24, 2.45) is 5.73 Å². The van der Waals surface area contributed by atoms with Gasteiger partial charge < -0.3 is 10.8 Å². The maximum Gasteiger partial charge on any atom is 0.416 e. The zero-order chi connectivity index (χ0) is 12.4. The van der Waals surface area contributed by atoms with Gasteiger partial charge in [0.2, 0.25) is 0 Å². The Hall–Kier alpha value is -1.07. The molecule has 0 heterocycles. The summed E-state index contributed by atoms with van der Waals surface area (Å²) in [7, 11) is 0. The normalized spacial score (nSPS) is 15.9. The lowest BCUT2D eigenvalue weighted by Gasteiger charge is -2.26. The third-order valence-electron chi connectivity index (χ3n) is 2.68. The van der Waals surface area contributed by atoms with Crippen molar-refractivity contribution in [3.05, 3.63) is 35.4 Å². The number of halogens is 3. The van der Waals surface area contributed by atoms with Gasteiger partial charge in [-0.05, 0) is 24.1 Å². The second-order valence-electron chi connectivity index (χ2n) is 3.75. The minimum Gasteiger partial charge on any atom is -0.394 e. The van der Waals surface area contributed by atoms with E-state index in [4.69, 9.17) is 10.8 Å². The molecule has 0 aliphatic heterocycles. The minimum absolute atomic E-state index is 0.298. The average Bonchev–Trinajstić information content (AvgIpc) is 2.27. The highest BCUT2D eigenvalue weighted by Gasteiger charge is 2.32. The summed E-state index contributed by atoms with van der Waals surface area (Å²) in [6.45, 7) is 1.33. The fourth-order valence-electron chi connectivity index (χ4n) is 1.41. The topological polar surface area (TPSA) is 46.2 Å². The van der Waals surface area contributed by atoms with Crippen molar-refractivity contribution in [1.82, 2.24) is 0 Å². The summed E-state index contributed by atoms with van der Waals surface area (Å²) >= 11 is 0. The molecule has 0 aliphatic carbocycles.